The number of carbonyl (C=O) groups is 1. The van der Waals surface area contributed by atoms with Gasteiger partial charge in [0.05, 0.1) is 11.9 Å². The summed E-state index contributed by atoms with van der Waals surface area (Å²) >= 11 is 0. The van der Waals surface area contributed by atoms with Gasteiger partial charge in [-0.2, -0.15) is 4.98 Å². The average molecular weight is 580 g/mol. The van der Waals surface area contributed by atoms with Gasteiger partial charge in [0.2, 0.25) is 11.9 Å². The summed E-state index contributed by atoms with van der Waals surface area (Å²) in [7, 11) is 0. The number of hydrogen-bond acceptors (Lipinski definition) is 6. The molecule has 3 aromatic carbocycles. The molecule has 2 fully saturated rings. The van der Waals surface area contributed by atoms with Crippen LogP contribution >= 0.6 is 24.8 Å². The molecule has 1 amide bonds. The minimum absolute atomic E-state index is 0. The first-order valence-electron chi connectivity index (χ1n) is 13.6. The number of nitrogens with one attached hydrogen (secondary N) is 2. The molecule has 2 aliphatic rings. The molecule has 0 aliphatic carbocycles. The summed E-state index contributed by atoms with van der Waals surface area (Å²) in [5.41, 5.74) is 4.27. The summed E-state index contributed by atoms with van der Waals surface area (Å²) in [5.74, 6) is 1.80. The van der Waals surface area contributed by atoms with E-state index in [0.717, 1.165) is 79.0 Å². The number of fused-ring (bicyclic) bond motifs is 1. The summed E-state index contributed by atoms with van der Waals surface area (Å²) in [4.78, 5) is 27.5. The van der Waals surface area contributed by atoms with Crippen LogP contribution < -0.4 is 15.5 Å². The Bertz CT molecular complexity index is 1410. The number of para-hydroxylation sites is 1. The zero-order valence-corrected chi connectivity index (χ0v) is 24.1. The molecule has 0 bridgehead atoms. The summed E-state index contributed by atoms with van der Waals surface area (Å²) in [6.07, 6.45) is 2.37. The molecule has 40 heavy (non-hydrogen) atoms. The molecule has 6 rings (SSSR count). The van der Waals surface area contributed by atoms with Crippen LogP contribution in [0.25, 0.3) is 22.0 Å². The standard InChI is InChI=1S/C31H34N6O.2ClH/c38-29(21-24-11-4-5-12-26(24)23-9-2-1-3-10-23)37-19-15-25(22-37)33-31-34-28-14-7-6-13-27(28)30(35-31)36-18-8-16-32-17-20-36;;/h1-7,9-14,25,32H,8,15-22H2,(H,33,34,35);2*1H/t25-;;/m0../s1. The fourth-order valence-corrected chi connectivity index (χ4v) is 5.56. The van der Waals surface area contributed by atoms with Crippen LogP contribution in [0.2, 0.25) is 0 Å². The Kier molecular flexibility index (Phi) is 10.2. The maximum atomic E-state index is 13.3. The van der Waals surface area contributed by atoms with Crippen molar-refractivity contribution in [2.45, 2.75) is 25.3 Å². The number of benzene rings is 3. The quantitative estimate of drug-likeness (QED) is 0.328. The minimum atomic E-state index is 0. The maximum Gasteiger partial charge on any atom is 0.227 e. The van der Waals surface area contributed by atoms with Gasteiger partial charge in [-0.3, -0.25) is 4.79 Å². The number of carbonyl (C=O) groups excluding carboxylic acids is 1. The van der Waals surface area contributed by atoms with Crippen molar-refractivity contribution in [3.8, 4) is 11.1 Å². The first-order chi connectivity index (χ1) is 18.7. The fraction of sp³-hybridized carbons (Fsp3) is 0.323. The van der Waals surface area contributed by atoms with Gasteiger partial charge >= 0.3 is 0 Å². The van der Waals surface area contributed by atoms with Crippen LogP contribution in [0.5, 0.6) is 0 Å². The van der Waals surface area contributed by atoms with Gasteiger partial charge in [-0.15, -0.1) is 24.8 Å². The van der Waals surface area contributed by atoms with Crippen molar-refractivity contribution < 1.29 is 4.79 Å². The molecular weight excluding hydrogens is 543 g/mol. The smallest absolute Gasteiger partial charge is 0.227 e. The third-order valence-electron chi connectivity index (χ3n) is 7.54. The second-order valence-electron chi connectivity index (χ2n) is 10.1. The van der Waals surface area contributed by atoms with Crippen molar-refractivity contribution in [2.24, 2.45) is 0 Å². The number of likely N-dealkylation sites (tertiary alicyclic amines) is 1. The molecule has 210 valence electrons. The van der Waals surface area contributed by atoms with E-state index in [2.05, 4.69) is 58.0 Å². The largest absolute Gasteiger partial charge is 0.355 e. The van der Waals surface area contributed by atoms with E-state index in [1.54, 1.807) is 0 Å². The topological polar surface area (TPSA) is 73.4 Å². The van der Waals surface area contributed by atoms with Gasteiger partial charge in [-0.25, -0.2) is 4.98 Å². The van der Waals surface area contributed by atoms with E-state index in [0.29, 0.717) is 18.9 Å². The number of halogens is 2. The normalized spacial score (nSPS) is 17.1. The van der Waals surface area contributed by atoms with E-state index in [4.69, 9.17) is 9.97 Å². The van der Waals surface area contributed by atoms with E-state index < -0.39 is 0 Å². The van der Waals surface area contributed by atoms with Crippen molar-refractivity contribution in [1.29, 1.82) is 0 Å². The van der Waals surface area contributed by atoms with Crippen molar-refractivity contribution in [3.63, 3.8) is 0 Å². The van der Waals surface area contributed by atoms with Crippen molar-refractivity contribution in [2.75, 3.05) is 49.5 Å². The molecule has 2 saturated heterocycles. The molecule has 1 atom stereocenters. The summed E-state index contributed by atoms with van der Waals surface area (Å²) in [6.45, 7) is 5.29. The first-order valence-corrected chi connectivity index (χ1v) is 13.6. The summed E-state index contributed by atoms with van der Waals surface area (Å²) in [5, 5.41) is 8.11. The molecule has 2 N–H and O–H groups in total. The van der Waals surface area contributed by atoms with Crippen molar-refractivity contribution >= 4 is 53.4 Å². The van der Waals surface area contributed by atoms with Crippen LogP contribution in [-0.2, 0) is 11.2 Å². The number of nitrogens with zero attached hydrogens (tertiary/aromatic N) is 4. The molecule has 7 nitrogen and oxygen atoms in total. The Hall–Kier alpha value is -3.39. The van der Waals surface area contributed by atoms with Gasteiger partial charge in [0, 0.05) is 44.2 Å². The summed E-state index contributed by atoms with van der Waals surface area (Å²) < 4.78 is 0. The number of aromatic nitrogens is 2. The Morgan fingerprint density at radius 2 is 1.65 bits per heavy atom. The van der Waals surface area contributed by atoms with Gasteiger partial charge in [-0.05, 0) is 48.2 Å². The third-order valence-corrected chi connectivity index (χ3v) is 7.54. The van der Waals surface area contributed by atoms with E-state index in [1.165, 1.54) is 0 Å². The van der Waals surface area contributed by atoms with Crippen LogP contribution in [0.4, 0.5) is 11.8 Å². The van der Waals surface area contributed by atoms with E-state index in [-0.39, 0.29) is 36.8 Å². The Balaban J connectivity index is 0.00000185. The van der Waals surface area contributed by atoms with E-state index in [9.17, 15) is 4.79 Å². The molecule has 1 aromatic heterocycles. The van der Waals surface area contributed by atoms with E-state index >= 15 is 0 Å². The molecular formula is C31H36Cl2N6O. The Labute approximate surface area is 248 Å². The molecule has 4 aromatic rings. The Morgan fingerprint density at radius 3 is 2.52 bits per heavy atom. The zero-order chi connectivity index (χ0) is 25.7. The highest BCUT2D eigenvalue weighted by molar-refractivity contribution is 5.90. The number of amides is 1. The van der Waals surface area contributed by atoms with Crippen LogP contribution in [0.1, 0.15) is 18.4 Å². The van der Waals surface area contributed by atoms with Crippen LogP contribution in [0.3, 0.4) is 0 Å². The first kappa shape index (κ1) is 29.6. The van der Waals surface area contributed by atoms with Crippen molar-refractivity contribution in [1.82, 2.24) is 20.2 Å². The molecule has 9 heteroatoms. The van der Waals surface area contributed by atoms with E-state index in [1.807, 2.05) is 41.3 Å². The lowest BCUT2D eigenvalue weighted by atomic mass is 9.97. The minimum Gasteiger partial charge on any atom is -0.355 e. The highest BCUT2D eigenvalue weighted by Gasteiger charge is 2.28. The lowest BCUT2D eigenvalue weighted by Crippen LogP contribution is -2.33. The fourth-order valence-electron chi connectivity index (χ4n) is 5.56. The molecule has 2 aliphatic heterocycles. The highest BCUT2D eigenvalue weighted by atomic mass is 35.5. The lowest BCUT2D eigenvalue weighted by Gasteiger charge is -2.24. The van der Waals surface area contributed by atoms with Gasteiger partial charge in [0.1, 0.15) is 5.82 Å². The van der Waals surface area contributed by atoms with Gasteiger partial charge in [-0.1, -0.05) is 66.7 Å². The van der Waals surface area contributed by atoms with Crippen LogP contribution in [0, 0.1) is 0 Å². The van der Waals surface area contributed by atoms with Gasteiger partial charge in [0.25, 0.3) is 0 Å². The zero-order valence-electron chi connectivity index (χ0n) is 22.5. The van der Waals surface area contributed by atoms with Gasteiger partial charge < -0.3 is 20.4 Å². The monoisotopic (exact) mass is 578 g/mol. The van der Waals surface area contributed by atoms with Crippen LogP contribution in [-0.4, -0.2) is 66.1 Å². The maximum absolute atomic E-state index is 13.3. The average Bonchev–Trinajstić information content (AvgIpc) is 3.26. The SMILES string of the molecule is Cl.Cl.O=C(Cc1ccccc1-c1ccccc1)N1CC[C@H](Nc2nc(N3CCCNCC3)c3ccccc3n2)C1. The lowest BCUT2D eigenvalue weighted by molar-refractivity contribution is -0.129. The Morgan fingerprint density at radius 1 is 0.875 bits per heavy atom. The molecule has 0 saturated carbocycles. The number of anilines is 2. The molecule has 0 radical (unpaired) electrons. The molecule has 0 spiro atoms. The second-order valence-corrected chi connectivity index (χ2v) is 10.1. The second kappa shape index (κ2) is 13.8. The van der Waals surface area contributed by atoms with Gasteiger partial charge in [0.15, 0.2) is 0 Å². The summed E-state index contributed by atoms with van der Waals surface area (Å²) in [6, 6.07) is 26.9. The molecule has 0 unspecified atom stereocenters. The predicted molar refractivity (Wildman–Crippen MR) is 168 cm³/mol. The van der Waals surface area contributed by atoms with Crippen molar-refractivity contribution in [3.05, 3.63) is 84.4 Å². The molecule has 3 heterocycles. The number of hydrogen-bond donors (Lipinski definition) is 2. The number of rotatable bonds is 6. The predicted octanol–water partition coefficient (Wildman–Crippen LogP) is 5.20. The van der Waals surface area contributed by atoms with Crippen LogP contribution in [0.15, 0.2) is 78.9 Å². The third kappa shape index (κ3) is 6.66. The highest BCUT2D eigenvalue weighted by Crippen LogP contribution is 2.28.